The predicted octanol–water partition coefficient (Wildman–Crippen LogP) is 5.34. The first-order valence-electron chi connectivity index (χ1n) is 9.69. The first-order valence-corrected chi connectivity index (χ1v) is 11.4. The van der Waals surface area contributed by atoms with Crippen LogP contribution in [0, 0.1) is 6.92 Å². The first kappa shape index (κ1) is 17.8. The number of fused-ring (bicyclic) bond motifs is 3. The van der Waals surface area contributed by atoms with Gasteiger partial charge in [-0.2, -0.15) is 0 Å². The molecule has 0 radical (unpaired) electrons. The van der Waals surface area contributed by atoms with Crippen LogP contribution in [0.1, 0.15) is 5.56 Å². The number of hydrogen-bond acceptors (Lipinski definition) is 2. The summed E-state index contributed by atoms with van der Waals surface area (Å²) in [5.41, 5.74) is 2.68. The van der Waals surface area contributed by atoms with Gasteiger partial charge in [0.25, 0.3) is 0 Å². The van der Waals surface area contributed by atoms with E-state index in [9.17, 15) is 4.57 Å². The lowest BCUT2D eigenvalue weighted by molar-refractivity contribution is 0.592. The lowest BCUT2D eigenvalue weighted by Gasteiger charge is -2.21. The zero-order chi connectivity index (χ0) is 19.8. The summed E-state index contributed by atoms with van der Waals surface area (Å²) in [6.45, 7) is 2.06. The summed E-state index contributed by atoms with van der Waals surface area (Å²) in [5.74, 6) is 0. The standard InChI is InChI=1S/C26H20NOP/c1-19-16-17-23-22-14-8-9-15-24(22)26(27-25(23)18-19)29(28,20-10-4-2-5-11-20)21-12-6-3-7-13-21/h2-18H,1H3. The van der Waals surface area contributed by atoms with E-state index in [1.807, 2.05) is 78.9 Å². The molecule has 0 aliphatic heterocycles. The second kappa shape index (κ2) is 6.99. The number of pyridine rings is 1. The van der Waals surface area contributed by atoms with Crippen LogP contribution in [0.4, 0.5) is 0 Å². The van der Waals surface area contributed by atoms with Gasteiger partial charge in [0.2, 0.25) is 0 Å². The number of hydrogen-bond donors (Lipinski definition) is 0. The number of aromatic nitrogens is 1. The van der Waals surface area contributed by atoms with Crippen LogP contribution in [0.2, 0.25) is 0 Å². The average molecular weight is 393 g/mol. The molecule has 4 aromatic carbocycles. The van der Waals surface area contributed by atoms with Crippen molar-refractivity contribution in [1.82, 2.24) is 4.98 Å². The molecular weight excluding hydrogens is 373 g/mol. The van der Waals surface area contributed by atoms with Crippen molar-refractivity contribution in [2.45, 2.75) is 6.92 Å². The van der Waals surface area contributed by atoms with E-state index in [-0.39, 0.29) is 0 Å². The molecule has 0 fully saturated rings. The van der Waals surface area contributed by atoms with Crippen LogP contribution in [-0.4, -0.2) is 4.98 Å². The normalized spacial score (nSPS) is 11.8. The van der Waals surface area contributed by atoms with Gasteiger partial charge < -0.3 is 4.57 Å². The van der Waals surface area contributed by atoms with E-state index in [2.05, 4.69) is 31.2 Å². The van der Waals surface area contributed by atoms with Gasteiger partial charge in [0.05, 0.1) is 5.52 Å². The summed E-state index contributed by atoms with van der Waals surface area (Å²) in [6.07, 6.45) is 0. The van der Waals surface area contributed by atoms with Gasteiger partial charge in [-0.05, 0) is 23.9 Å². The molecule has 5 rings (SSSR count). The van der Waals surface area contributed by atoms with Crippen LogP contribution >= 0.6 is 7.14 Å². The van der Waals surface area contributed by atoms with Crippen molar-refractivity contribution in [2.24, 2.45) is 0 Å². The largest absolute Gasteiger partial charge is 0.307 e. The van der Waals surface area contributed by atoms with Crippen LogP contribution in [0.3, 0.4) is 0 Å². The van der Waals surface area contributed by atoms with Gasteiger partial charge in [-0.1, -0.05) is 97.1 Å². The Labute approximate surface area is 170 Å². The van der Waals surface area contributed by atoms with Gasteiger partial charge in [0, 0.05) is 21.4 Å². The molecule has 0 amide bonds. The van der Waals surface area contributed by atoms with Gasteiger partial charge in [-0.25, -0.2) is 4.98 Å². The molecule has 0 spiro atoms. The van der Waals surface area contributed by atoms with Crippen molar-refractivity contribution in [3.63, 3.8) is 0 Å². The highest BCUT2D eigenvalue weighted by atomic mass is 31.2. The monoisotopic (exact) mass is 393 g/mol. The highest BCUT2D eigenvalue weighted by Gasteiger charge is 2.33. The molecule has 0 bridgehead atoms. The molecule has 0 saturated carbocycles. The fourth-order valence-corrected chi connectivity index (χ4v) is 6.71. The van der Waals surface area contributed by atoms with E-state index in [0.717, 1.165) is 37.8 Å². The van der Waals surface area contributed by atoms with E-state index in [4.69, 9.17) is 4.98 Å². The topological polar surface area (TPSA) is 30.0 Å². The molecular formula is C26H20NOP. The molecule has 3 heteroatoms. The summed E-state index contributed by atoms with van der Waals surface area (Å²) < 4.78 is 14.9. The molecule has 0 aliphatic rings. The van der Waals surface area contributed by atoms with Crippen molar-refractivity contribution in [1.29, 1.82) is 0 Å². The van der Waals surface area contributed by atoms with Gasteiger partial charge >= 0.3 is 0 Å². The van der Waals surface area contributed by atoms with Crippen molar-refractivity contribution in [3.8, 4) is 0 Å². The van der Waals surface area contributed by atoms with Gasteiger partial charge in [0.15, 0.2) is 7.14 Å². The Hall–Kier alpha value is -3.22. The highest BCUT2D eigenvalue weighted by molar-refractivity contribution is 7.85. The molecule has 0 unspecified atom stereocenters. The summed E-state index contributed by atoms with van der Waals surface area (Å²) in [7, 11) is -3.15. The number of rotatable bonds is 3. The van der Waals surface area contributed by atoms with Crippen LogP contribution in [0.25, 0.3) is 21.7 Å². The van der Waals surface area contributed by atoms with Crippen LogP contribution in [0.5, 0.6) is 0 Å². The highest BCUT2D eigenvalue weighted by Crippen LogP contribution is 2.44. The van der Waals surface area contributed by atoms with Crippen LogP contribution in [0.15, 0.2) is 103 Å². The van der Waals surface area contributed by atoms with Crippen molar-refractivity contribution in [3.05, 3.63) is 109 Å². The quantitative estimate of drug-likeness (QED) is 0.306. The van der Waals surface area contributed by atoms with Gasteiger partial charge in [-0.3, -0.25) is 0 Å². The SMILES string of the molecule is Cc1ccc2c(c1)nc(P(=O)(c1ccccc1)c1ccccc1)c1ccccc12. The Morgan fingerprint density at radius 2 is 1.17 bits per heavy atom. The molecule has 1 aromatic heterocycles. The molecule has 29 heavy (non-hydrogen) atoms. The summed E-state index contributed by atoms with van der Waals surface area (Å²) in [4.78, 5) is 5.03. The maximum Gasteiger partial charge on any atom is 0.189 e. The van der Waals surface area contributed by atoms with Crippen molar-refractivity contribution >= 4 is 44.9 Å². The zero-order valence-corrected chi connectivity index (χ0v) is 17.0. The maximum absolute atomic E-state index is 14.9. The van der Waals surface area contributed by atoms with E-state index >= 15 is 0 Å². The second-order valence-corrected chi connectivity index (χ2v) is 9.96. The Morgan fingerprint density at radius 1 is 0.621 bits per heavy atom. The fraction of sp³-hybridized carbons (Fsp3) is 0.0385. The van der Waals surface area contributed by atoms with Crippen molar-refractivity contribution < 1.29 is 4.57 Å². The molecule has 0 saturated heterocycles. The Kier molecular flexibility index (Phi) is 4.30. The van der Waals surface area contributed by atoms with E-state index in [0.29, 0.717) is 5.44 Å². The third kappa shape index (κ3) is 2.88. The van der Waals surface area contributed by atoms with Gasteiger partial charge in [0.1, 0.15) is 5.44 Å². The summed E-state index contributed by atoms with van der Waals surface area (Å²) in [5, 5.41) is 4.72. The summed E-state index contributed by atoms with van der Waals surface area (Å²) >= 11 is 0. The van der Waals surface area contributed by atoms with E-state index < -0.39 is 7.14 Å². The molecule has 1 heterocycles. The average Bonchev–Trinajstić information content (AvgIpc) is 2.79. The third-order valence-corrected chi connectivity index (χ3v) is 8.36. The predicted molar refractivity (Wildman–Crippen MR) is 123 cm³/mol. The Morgan fingerprint density at radius 3 is 1.79 bits per heavy atom. The second-order valence-electron chi connectivity index (χ2n) is 7.28. The number of nitrogens with zero attached hydrogens (tertiary/aromatic N) is 1. The Balaban J connectivity index is 1.96. The Bertz CT molecular complexity index is 1330. The third-order valence-electron chi connectivity index (χ3n) is 5.38. The smallest absolute Gasteiger partial charge is 0.189 e. The minimum absolute atomic E-state index is 0.656. The van der Waals surface area contributed by atoms with E-state index in [1.54, 1.807) is 0 Å². The van der Waals surface area contributed by atoms with Crippen molar-refractivity contribution in [2.75, 3.05) is 0 Å². The van der Waals surface area contributed by atoms with Gasteiger partial charge in [-0.15, -0.1) is 0 Å². The molecule has 0 N–H and O–H groups in total. The molecule has 0 atom stereocenters. The number of benzene rings is 4. The van der Waals surface area contributed by atoms with E-state index in [1.165, 1.54) is 0 Å². The minimum Gasteiger partial charge on any atom is -0.307 e. The number of aryl methyl sites for hydroxylation is 1. The lowest BCUT2D eigenvalue weighted by atomic mass is 10.1. The zero-order valence-electron chi connectivity index (χ0n) is 16.1. The summed E-state index contributed by atoms with van der Waals surface area (Å²) in [6, 6.07) is 33.9. The van der Waals surface area contributed by atoms with Crippen LogP contribution < -0.4 is 16.0 Å². The molecule has 140 valence electrons. The maximum atomic E-state index is 14.9. The lowest BCUT2D eigenvalue weighted by Crippen LogP contribution is -2.27. The first-order chi connectivity index (χ1) is 14.2. The fourth-order valence-electron chi connectivity index (χ4n) is 3.96. The minimum atomic E-state index is -3.15. The van der Waals surface area contributed by atoms with Crippen LogP contribution in [-0.2, 0) is 4.57 Å². The molecule has 2 nitrogen and oxygen atoms in total. The molecule has 0 aliphatic carbocycles. The molecule has 5 aromatic rings.